The molecule has 0 fully saturated rings. The number of hydrogen-bond acceptors (Lipinski definition) is 4. The summed E-state index contributed by atoms with van der Waals surface area (Å²) in [5.74, 6) is 0.767. The van der Waals surface area contributed by atoms with Crippen molar-refractivity contribution in [1.29, 1.82) is 0 Å². The second-order valence-corrected chi connectivity index (χ2v) is 4.55. The zero-order chi connectivity index (χ0) is 13.0. The predicted octanol–water partition coefficient (Wildman–Crippen LogP) is 3.20. The standard InChI is InChI=1S/C14H18N4.ClH/c1-10(2)15-17-14-11(3)9-13(16-18-14)12-7-5-4-6-8-12;/h4-10,15H,1-3H3,(H,17,18);1H. The van der Waals surface area contributed by atoms with E-state index < -0.39 is 0 Å². The van der Waals surface area contributed by atoms with Crippen molar-refractivity contribution in [2.24, 2.45) is 0 Å². The molecule has 102 valence electrons. The van der Waals surface area contributed by atoms with Crippen LogP contribution in [-0.2, 0) is 0 Å². The maximum Gasteiger partial charge on any atom is 0.165 e. The molecule has 0 saturated heterocycles. The van der Waals surface area contributed by atoms with Gasteiger partial charge in [0.25, 0.3) is 0 Å². The van der Waals surface area contributed by atoms with Crippen LogP contribution in [0.1, 0.15) is 19.4 Å². The molecule has 0 bridgehead atoms. The van der Waals surface area contributed by atoms with Crippen molar-refractivity contribution in [2.75, 3.05) is 5.43 Å². The second-order valence-electron chi connectivity index (χ2n) is 4.55. The minimum Gasteiger partial charge on any atom is -0.304 e. The highest BCUT2D eigenvalue weighted by molar-refractivity contribution is 5.85. The number of anilines is 1. The Morgan fingerprint density at radius 3 is 2.32 bits per heavy atom. The van der Waals surface area contributed by atoms with E-state index in [2.05, 4.69) is 34.9 Å². The lowest BCUT2D eigenvalue weighted by Crippen LogP contribution is -2.29. The highest BCUT2D eigenvalue weighted by Gasteiger charge is 2.05. The molecule has 5 heteroatoms. The van der Waals surface area contributed by atoms with Gasteiger partial charge >= 0.3 is 0 Å². The molecule has 0 amide bonds. The number of benzene rings is 1. The molecule has 0 aliphatic carbocycles. The quantitative estimate of drug-likeness (QED) is 0.844. The molecule has 2 rings (SSSR count). The van der Waals surface area contributed by atoms with Gasteiger partial charge in [-0.3, -0.25) is 0 Å². The fraction of sp³-hybridized carbons (Fsp3) is 0.286. The topological polar surface area (TPSA) is 49.8 Å². The van der Waals surface area contributed by atoms with Gasteiger partial charge in [-0.15, -0.1) is 22.6 Å². The minimum absolute atomic E-state index is 0. The summed E-state index contributed by atoms with van der Waals surface area (Å²) >= 11 is 0. The molecular weight excluding hydrogens is 260 g/mol. The Balaban J connectivity index is 0.00000180. The first kappa shape index (κ1) is 15.4. The van der Waals surface area contributed by atoms with Crippen LogP contribution in [0, 0.1) is 6.92 Å². The van der Waals surface area contributed by atoms with Crippen LogP contribution in [-0.4, -0.2) is 16.2 Å². The molecule has 0 aliphatic heterocycles. The summed E-state index contributed by atoms with van der Waals surface area (Å²) in [6, 6.07) is 12.4. The fourth-order valence-electron chi connectivity index (χ4n) is 1.57. The highest BCUT2D eigenvalue weighted by Crippen LogP contribution is 2.19. The number of halogens is 1. The van der Waals surface area contributed by atoms with Gasteiger partial charge in [-0.2, -0.15) is 0 Å². The van der Waals surface area contributed by atoms with Crippen molar-refractivity contribution < 1.29 is 0 Å². The largest absolute Gasteiger partial charge is 0.304 e. The average Bonchev–Trinajstić information content (AvgIpc) is 2.38. The molecule has 2 N–H and O–H groups in total. The predicted molar refractivity (Wildman–Crippen MR) is 81.3 cm³/mol. The van der Waals surface area contributed by atoms with Crippen molar-refractivity contribution in [1.82, 2.24) is 15.6 Å². The maximum atomic E-state index is 4.24. The molecule has 1 aromatic heterocycles. The van der Waals surface area contributed by atoms with Crippen LogP contribution in [0.15, 0.2) is 36.4 Å². The van der Waals surface area contributed by atoms with Crippen molar-refractivity contribution in [3.05, 3.63) is 42.0 Å². The molecule has 19 heavy (non-hydrogen) atoms. The van der Waals surface area contributed by atoms with Gasteiger partial charge in [0, 0.05) is 11.6 Å². The maximum absolute atomic E-state index is 4.24. The van der Waals surface area contributed by atoms with Gasteiger partial charge in [-0.25, -0.2) is 5.43 Å². The molecular formula is C14H19ClN4. The van der Waals surface area contributed by atoms with Crippen LogP contribution in [0.4, 0.5) is 5.82 Å². The van der Waals surface area contributed by atoms with Gasteiger partial charge in [0.1, 0.15) is 0 Å². The smallest absolute Gasteiger partial charge is 0.165 e. The molecule has 0 saturated carbocycles. The van der Waals surface area contributed by atoms with E-state index in [-0.39, 0.29) is 12.4 Å². The highest BCUT2D eigenvalue weighted by atomic mass is 35.5. The lowest BCUT2D eigenvalue weighted by atomic mass is 10.1. The van der Waals surface area contributed by atoms with Gasteiger partial charge in [0.15, 0.2) is 5.82 Å². The van der Waals surface area contributed by atoms with Crippen LogP contribution in [0.3, 0.4) is 0 Å². The van der Waals surface area contributed by atoms with E-state index in [0.717, 1.165) is 22.6 Å². The van der Waals surface area contributed by atoms with Crippen molar-refractivity contribution in [3.8, 4) is 11.3 Å². The van der Waals surface area contributed by atoms with E-state index in [1.165, 1.54) is 0 Å². The number of nitrogens with one attached hydrogen (secondary N) is 2. The molecule has 1 aromatic carbocycles. The van der Waals surface area contributed by atoms with Gasteiger partial charge < -0.3 is 5.43 Å². The van der Waals surface area contributed by atoms with E-state index in [9.17, 15) is 0 Å². The van der Waals surface area contributed by atoms with Gasteiger partial charge in [0.2, 0.25) is 0 Å². The molecule has 0 atom stereocenters. The van der Waals surface area contributed by atoms with Crippen LogP contribution in [0.5, 0.6) is 0 Å². The Bertz CT molecular complexity index is 514. The molecule has 4 nitrogen and oxygen atoms in total. The third-order valence-corrected chi connectivity index (χ3v) is 2.53. The number of hydrogen-bond donors (Lipinski definition) is 2. The number of nitrogens with zero attached hydrogens (tertiary/aromatic N) is 2. The van der Waals surface area contributed by atoms with Crippen molar-refractivity contribution >= 4 is 18.2 Å². The summed E-state index contributed by atoms with van der Waals surface area (Å²) in [7, 11) is 0. The Labute approximate surface area is 120 Å². The van der Waals surface area contributed by atoms with Gasteiger partial charge in [-0.1, -0.05) is 30.3 Å². The zero-order valence-electron chi connectivity index (χ0n) is 11.3. The lowest BCUT2D eigenvalue weighted by Gasteiger charge is -2.12. The van der Waals surface area contributed by atoms with E-state index in [1.807, 2.05) is 43.3 Å². The Morgan fingerprint density at radius 2 is 1.74 bits per heavy atom. The van der Waals surface area contributed by atoms with Crippen LogP contribution >= 0.6 is 12.4 Å². The molecule has 1 heterocycles. The Hall–Kier alpha value is -1.65. The Kier molecular flexibility index (Phi) is 5.73. The number of rotatable bonds is 4. The summed E-state index contributed by atoms with van der Waals surface area (Å²) < 4.78 is 0. The third kappa shape index (κ3) is 4.19. The van der Waals surface area contributed by atoms with Gasteiger partial charge in [0.05, 0.1) is 5.69 Å². The molecule has 2 aromatic rings. The summed E-state index contributed by atoms with van der Waals surface area (Å²) in [6.07, 6.45) is 0. The van der Waals surface area contributed by atoms with Gasteiger partial charge in [-0.05, 0) is 32.4 Å². The normalized spacial score (nSPS) is 10.1. The van der Waals surface area contributed by atoms with Crippen molar-refractivity contribution in [3.63, 3.8) is 0 Å². The third-order valence-electron chi connectivity index (χ3n) is 2.53. The number of hydrazine groups is 1. The Morgan fingerprint density at radius 1 is 1.05 bits per heavy atom. The zero-order valence-corrected chi connectivity index (χ0v) is 12.2. The average molecular weight is 279 g/mol. The summed E-state index contributed by atoms with van der Waals surface area (Å²) in [6.45, 7) is 6.15. The summed E-state index contributed by atoms with van der Waals surface area (Å²) in [5.41, 5.74) is 9.22. The molecule has 0 unspecified atom stereocenters. The van der Waals surface area contributed by atoms with E-state index in [0.29, 0.717) is 6.04 Å². The molecule has 0 aliphatic rings. The van der Waals surface area contributed by atoms with Crippen LogP contribution in [0.25, 0.3) is 11.3 Å². The van der Waals surface area contributed by atoms with Crippen LogP contribution in [0.2, 0.25) is 0 Å². The minimum atomic E-state index is 0. The second kappa shape index (κ2) is 7.07. The van der Waals surface area contributed by atoms with E-state index >= 15 is 0 Å². The van der Waals surface area contributed by atoms with Crippen LogP contribution < -0.4 is 10.9 Å². The number of aromatic nitrogens is 2. The first-order chi connectivity index (χ1) is 8.66. The van der Waals surface area contributed by atoms with E-state index in [4.69, 9.17) is 0 Å². The lowest BCUT2D eigenvalue weighted by molar-refractivity contribution is 0.654. The fourth-order valence-corrected chi connectivity index (χ4v) is 1.57. The summed E-state index contributed by atoms with van der Waals surface area (Å²) in [5, 5.41) is 8.44. The number of aryl methyl sites for hydroxylation is 1. The first-order valence-corrected chi connectivity index (χ1v) is 6.08. The first-order valence-electron chi connectivity index (χ1n) is 6.08. The SMILES string of the molecule is Cc1cc(-c2ccccc2)nnc1NNC(C)C.Cl. The van der Waals surface area contributed by atoms with E-state index in [1.54, 1.807) is 0 Å². The molecule has 0 spiro atoms. The molecule has 0 radical (unpaired) electrons. The monoisotopic (exact) mass is 278 g/mol. The summed E-state index contributed by atoms with van der Waals surface area (Å²) in [4.78, 5) is 0. The van der Waals surface area contributed by atoms with Crippen molar-refractivity contribution in [2.45, 2.75) is 26.8 Å².